The van der Waals surface area contributed by atoms with Gasteiger partial charge in [0.2, 0.25) is 0 Å². The number of rotatable bonds is 5. The third kappa shape index (κ3) is 6.56. The zero-order chi connectivity index (χ0) is 10.3. The average Bonchev–Trinajstić information content (AvgIpc) is 2.04. The molecule has 0 aliphatic rings. The third-order valence-corrected chi connectivity index (χ3v) is 2.14. The van der Waals surface area contributed by atoms with Crippen molar-refractivity contribution in [3.05, 3.63) is 12.2 Å². The van der Waals surface area contributed by atoms with E-state index < -0.39 is 0 Å². The Kier molecular flexibility index (Phi) is 6.56. The molecule has 0 aromatic heterocycles. The van der Waals surface area contributed by atoms with Crippen LogP contribution in [0.25, 0.3) is 0 Å². The highest BCUT2D eigenvalue weighted by molar-refractivity contribution is 5.83. The molecule has 76 valence electrons. The van der Waals surface area contributed by atoms with Crippen LogP contribution in [-0.2, 0) is 0 Å². The molecule has 0 N–H and O–H groups in total. The summed E-state index contributed by atoms with van der Waals surface area (Å²) in [7, 11) is 0. The molecule has 1 nitrogen and oxygen atoms in total. The number of hydrogen-bond donors (Lipinski definition) is 0. The van der Waals surface area contributed by atoms with Crippen molar-refractivity contribution in [1.82, 2.24) is 0 Å². The molecule has 1 atom stereocenters. The van der Waals surface area contributed by atoms with Gasteiger partial charge in [0.05, 0.1) is 6.04 Å². The molecule has 0 heterocycles. The first-order valence-electron chi connectivity index (χ1n) is 5.27. The Hall–Kier alpha value is -0.590. The molecule has 0 radical (unpaired) electrons. The topological polar surface area (TPSA) is 12.4 Å². The van der Waals surface area contributed by atoms with Crippen molar-refractivity contribution in [2.24, 2.45) is 10.9 Å². The predicted octanol–water partition coefficient (Wildman–Crippen LogP) is 3.85. The van der Waals surface area contributed by atoms with E-state index in [1.54, 1.807) is 0 Å². The molecule has 1 unspecified atom stereocenters. The summed E-state index contributed by atoms with van der Waals surface area (Å²) in [5.74, 6) is 0.581. The summed E-state index contributed by atoms with van der Waals surface area (Å²) in [4.78, 5) is 4.61. The van der Waals surface area contributed by atoms with Crippen LogP contribution in [-0.4, -0.2) is 11.8 Å². The highest BCUT2D eigenvalue weighted by Gasteiger charge is 2.00. The first-order valence-corrected chi connectivity index (χ1v) is 5.27. The summed E-state index contributed by atoms with van der Waals surface area (Å²) in [6, 6.07) is 0.435. The van der Waals surface area contributed by atoms with Gasteiger partial charge in [-0.05, 0) is 32.6 Å². The van der Waals surface area contributed by atoms with E-state index in [0.717, 1.165) is 12.8 Å². The van der Waals surface area contributed by atoms with Crippen LogP contribution < -0.4 is 0 Å². The van der Waals surface area contributed by atoms with E-state index in [1.165, 1.54) is 5.71 Å². The molecular weight excluding hydrogens is 158 g/mol. The molecule has 0 aliphatic heterocycles. The van der Waals surface area contributed by atoms with Gasteiger partial charge in [0.15, 0.2) is 0 Å². The standard InChI is InChI=1S/C12H23N/c1-6-7-8-9-11(4)13-12(5)10(2)3/h7-8,10-11H,6,9H2,1-5H3/b8-7-,13-12?. The van der Waals surface area contributed by atoms with Gasteiger partial charge in [0, 0.05) is 5.71 Å². The van der Waals surface area contributed by atoms with Gasteiger partial charge < -0.3 is 0 Å². The van der Waals surface area contributed by atoms with E-state index in [9.17, 15) is 0 Å². The lowest BCUT2D eigenvalue weighted by Crippen LogP contribution is -2.07. The molecule has 0 fully saturated rings. The Morgan fingerprint density at radius 1 is 1.23 bits per heavy atom. The predicted molar refractivity (Wildman–Crippen MR) is 61.5 cm³/mol. The van der Waals surface area contributed by atoms with E-state index in [4.69, 9.17) is 0 Å². The Morgan fingerprint density at radius 3 is 2.31 bits per heavy atom. The van der Waals surface area contributed by atoms with Crippen molar-refractivity contribution in [3.63, 3.8) is 0 Å². The van der Waals surface area contributed by atoms with Crippen molar-refractivity contribution >= 4 is 5.71 Å². The Balaban J connectivity index is 3.91. The van der Waals surface area contributed by atoms with Crippen molar-refractivity contribution in [2.45, 2.75) is 53.5 Å². The highest BCUT2D eigenvalue weighted by atomic mass is 14.8. The number of hydrogen-bond acceptors (Lipinski definition) is 1. The van der Waals surface area contributed by atoms with Crippen molar-refractivity contribution in [3.8, 4) is 0 Å². The van der Waals surface area contributed by atoms with Crippen LogP contribution in [0.3, 0.4) is 0 Å². The number of nitrogens with zero attached hydrogens (tertiary/aromatic N) is 1. The zero-order valence-electron chi connectivity index (χ0n) is 9.67. The summed E-state index contributed by atoms with van der Waals surface area (Å²) >= 11 is 0. The van der Waals surface area contributed by atoms with E-state index in [1.807, 2.05) is 0 Å². The van der Waals surface area contributed by atoms with Crippen LogP contribution in [0.4, 0.5) is 0 Å². The zero-order valence-corrected chi connectivity index (χ0v) is 9.67. The van der Waals surface area contributed by atoms with E-state index in [0.29, 0.717) is 12.0 Å². The molecule has 0 aliphatic carbocycles. The van der Waals surface area contributed by atoms with Crippen LogP contribution in [0.5, 0.6) is 0 Å². The van der Waals surface area contributed by atoms with E-state index >= 15 is 0 Å². The fourth-order valence-electron chi connectivity index (χ4n) is 1.01. The van der Waals surface area contributed by atoms with Crippen LogP contribution in [0, 0.1) is 5.92 Å². The van der Waals surface area contributed by atoms with Gasteiger partial charge >= 0.3 is 0 Å². The van der Waals surface area contributed by atoms with Gasteiger partial charge in [-0.25, -0.2) is 0 Å². The molecule has 0 amide bonds. The summed E-state index contributed by atoms with van der Waals surface area (Å²) < 4.78 is 0. The molecule has 0 rings (SSSR count). The summed E-state index contributed by atoms with van der Waals surface area (Å²) in [5.41, 5.74) is 1.26. The van der Waals surface area contributed by atoms with Crippen LogP contribution in [0.15, 0.2) is 17.1 Å². The van der Waals surface area contributed by atoms with Crippen molar-refractivity contribution in [1.29, 1.82) is 0 Å². The van der Waals surface area contributed by atoms with Gasteiger partial charge in [-0.3, -0.25) is 4.99 Å². The minimum atomic E-state index is 0.435. The molecule has 0 aromatic carbocycles. The van der Waals surface area contributed by atoms with Gasteiger partial charge in [-0.15, -0.1) is 0 Å². The largest absolute Gasteiger partial charge is 0.291 e. The first kappa shape index (κ1) is 12.4. The second-order valence-electron chi connectivity index (χ2n) is 3.89. The van der Waals surface area contributed by atoms with Gasteiger partial charge in [-0.1, -0.05) is 32.9 Å². The van der Waals surface area contributed by atoms with Crippen LogP contribution >= 0.6 is 0 Å². The van der Waals surface area contributed by atoms with Crippen molar-refractivity contribution in [2.75, 3.05) is 0 Å². The van der Waals surface area contributed by atoms with E-state index in [-0.39, 0.29) is 0 Å². The van der Waals surface area contributed by atoms with Gasteiger partial charge in [-0.2, -0.15) is 0 Å². The molecule has 0 bridgehead atoms. The maximum Gasteiger partial charge on any atom is 0.0505 e. The molecule has 13 heavy (non-hydrogen) atoms. The fraction of sp³-hybridized carbons (Fsp3) is 0.750. The molecule has 0 spiro atoms. The summed E-state index contributed by atoms with van der Waals surface area (Å²) in [6.07, 6.45) is 6.62. The Labute approximate surface area is 83.0 Å². The maximum atomic E-state index is 4.61. The van der Waals surface area contributed by atoms with E-state index in [2.05, 4.69) is 51.8 Å². The summed E-state index contributed by atoms with van der Waals surface area (Å²) in [6.45, 7) is 10.8. The molecule has 1 heteroatoms. The quantitative estimate of drug-likeness (QED) is 0.451. The lowest BCUT2D eigenvalue weighted by molar-refractivity contribution is 0.738. The van der Waals surface area contributed by atoms with Crippen LogP contribution in [0.2, 0.25) is 0 Å². The molecule has 0 saturated carbocycles. The van der Waals surface area contributed by atoms with Crippen molar-refractivity contribution < 1.29 is 0 Å². The first-order chi connectivity index (χ1) is 6.07. The maximum absolute atomic E-state index is 4.61. The Bertz CT molecular complexity index is 178. The SMILES string of the molecule is CC/C=C\CC(C)N=C(C)C(C)C. The van der Waals surface area contributed by atoms with Gasteiger partial charge in [0.1, 0.15) is 0 Å². The minimum absolute atomic E-state index is 0.435. The Morgan fingerprint density at radius 2 is 1.85 bits per heavy atom. The lowest BCUT2D eigenvalue weighted by Gasteiger charge is -2.08. The molecule has 0 saturated heterocycles. The average molecular weight is 181 g/mol. The smallest absolute Gasteiger partial charge is 0.0505 e. The van der Waals surface area contributed by atoms with Gasteiger partial charge in [0.25, 0.3) is 0 Å². The monoisotopic (exact) mass is 181 g/mol. The highest BCUT2D eigenvalue weighted by Crippen LogP contribution is 2.04. The number of allylic oxidation sites excluding steroid dienone is 1. The fourth-order valence-corrected chi connectivity index (χ4v) is 1.01. The third-order valence-electron chi connectivity index (χ3n) is 2.14. The summed E-state index contributed by atoms with van der Waals surface area (Å²) in [5, 5.41) is 0. The minimum Gasteiger partial charge on any atom is -0.291 e. The normalized spacial score (nSPS) is 15.7. The second-order valence-corrected chi connectivity index (χ2v) is 3.89. The molecule has 0 aromatic rings. The number of aliphatic imine (C=N–C) groups is 1. The molecular formula is C12H23N. The lowest BCUT2D eigenvalue weighted by atomic mass is 10.1. The second kappa shape index (κ2) is 6.88. The van der Waals surface area contributed by atoms with Crippen LogP contribution in [0.1, 0.15) is 47.5 Å².